The summed E-state index contributed by atoms with van der Waals surface area (Å²) in [5.74, 6) is 0. The molecular formula is C18H21ClN2O2. The molecule has 0 aliphatic rings. The number of aliphatic hydroxyl groups is 1. The molecule has 0 aliphatic carbocycles. The molecular weight excluding hydrogens is 312 g/mol. The Balaban J connectivity index is 1.78. The summed E-state index contributed by atoms with van der Waals surface area (Å²) in [4.78, 5) is 11.9. The number of hydrogen-bond acceptors (Lipinski definition) is 2. The molecule has 2 aromatic carbocycles. The number of aryl methyl sites for hydroxylation is 1. The number of rotatable bonds is 6. The maximum absolute atomic E-state index is 11.9. The van der Waals surface area contributed by atoms with Crippen LogP contribution in [0.15, 0.2) is 54.6 Å². The fraction of sp³-hybridized carbons (Fsp3) is 0.278. The summed E-state index contributed by atoms with van der Waals surface area (Å²) in [5, 5.41) is 16.3. The van der Waals surface area contributed by atoms with Gasteiger partial charge in [-0.05, 0) is 43.5 Å². The van der Waals surface area contributed by atoms with Gasteiger partial charge in [0.2, 0.25) is 0 Å². The standard InChI is InChI=1S/C18H21ClN2O2/c1-18(23,11-10-14-6-3-2-4-7-14)13-20-17(22)21-16-9-5-8-15(19)12-16/h2-9,12,23H,10-11,13H2,1H3,(H2,20,21,22). The molecule has 2 rings (SSSR count). The van der Waals surface area contributed by atoms with Gasteiger partial charge in [0.1, 0.15) is 0 Å². The van der Waals surface area contributed by atoms with Crippen LogP contribution < -0.4 is 10.6 Å². The van der Waals surface area contributed by atoms with Crippen molar-refractivity contribution >= 4 is 23.3 Å². The van der Waals surface area contributed by atoms with Gasteiger partial charge in [-0.3, -0.25) is 0 Å². The van der Waals surface area contributed by atoms with Crippen molar-refractivity contribution in [2.45, 2.75) is 25.4 Å². The van der Waals surface area contributed by atoms with Crippen molar-refractivity contribution < 1.29 is 9.90 Å². The minimum absolute atomic E-state index is 0.173. The van der Waals surface area contributed by atoms with Crippen molar-refractivity contribution in [2.24, 2.45) is 0 Å². The fourth-order valence-corrected chi connectivity index (χ4v) is 2.35. The van der Waals surface area contributed by atoms with Crippen molar-refractivity contribution in [3.05, 3.63) is 65.2 Å². The molecule has 0 radical (unpaired) electrons. The largest absolute Gasteiger partial charge is 0.388 e. The van der Waals surface area contributed by atoms with Crippen molar-refractivity contribution in [1.82, 2.24) is 5.32 Å². The first-order chi connectivity index (χ1) is 10.9. The Labute approximate surface area is 141 Å². The lowest BCUT2D eigenvalue weighted by Crippen LogP contribution is -2.42. The summed E-state index contributed by atoms with van der Waals surface area (Å²) >= 11 is 5.87. The monoisotopic (exact) mass is 332 g/mol. The first-order valence-electron chi connectivity index (χ1n) is 7.51. The van der Waals surface area contributed by atoms with Gasteiger partial charge in [-0.25, -0.2) is 4.79 Å². The molecule has 2 amide bonds. The molecule has 1 atom stereocenters. The molecule has 0 fully saturated rings. The van der Waals surface area contributed by atoms with Gasteiger partial charge in [-0.1, -0.05) is 48.0 Å². The Kier molecular flexibility index (Phi) is 6.02. The van der Waals surface area contributed by atoms with E-state index in [0.717, 1.165) is 12.0 Å². The maximum Gasteiger partial charge on any atom is 0.319 e. The van der Waals surface area contributed by atoms with E-state index in [4.69, 9.17) is 11.6 Å². The van der Waals surface area contributed by atoms with Crippen molar-refractivity contribution in [3.8, 4) is 0 Å². The van der Waals surface area contributed by atoms with Crippen LogP contribution in [-0.4, -0.2) is 23.3 Å². The highest BCUT2D eigenvalue weighted by Gasteiger charge is 2.21. The third-order valence-electron chi connectivity index (χ3n) is 3.51. The highest BCUT2D eigenvalue weighted by molar-refractivity contribution is 6.30. The van der Waals surface area contributed by atoms with Crippen LogP contribution in [0.25, 0.3) is 0 Å². The number of benzene rings is 2. The van der Waals surface area contributed by atoms with Crippen LogP contribution >= 0.6 is 11.6 Å². The Bertz CT molecular complexity index is 644. The molecule has 3 N–H and O–H groups in total. The molecule has 0 aromatic heterocycles. The van der Waals surface area contributed by atoms with E-state index < -0.39 is 5.60 Å². The summed E-state index contributed by atoms with van der Waals surface area (Å²) < 4.78 is 0. The van der Waals surface area contributed by atoms with E-state index in [1.807, 2.05) is 30.3 Å². The number of amides is 2. The second-order valence-electron chi connectivity index (χ2n) is 5.80. The minimum atomic E-state index is -0.971. The zero-order chi connectivity index (χ0) is 16.7. The predicted octanol–water partition coefficient (Wildman–Crippen LogP) is 3.85. The van der Waals surface area contributed by atoms with E-state index in [9.17, 15) is 9.90 Å². The molecule has 0 saturated carbocycles. The van der Waals surface area contributed by atoms with Gasteiger partial charge in [0.15, 0.2) is 0 Å². The molecule has 1 unspecified atom stereocenters. The van der Waals surface area contributed by atoms with Gasteiger partial charge in [0.05, 0.1) is 5.60 Å². The van der Waals surface area contributed by atoms with Crippen LogP contribution in [0.2, 0.25) is 5.02 Å². The number of anilines is 1. The topological polar surface area (TPSA) is 61.4 Å². The molecule has 2 aromatic rings. The molecule has 0 bridgehead atoms. The first-order valence-corrected chi connectivity index (χ1v) is 7.89. The van der Waals surface area contributed by atoms with E-state index >= 15 is 0 Å². The lowest BCUT2D eigenvalue weighted by atomic mass is 9.97. The molecule has 122 valence electrons. The van der Waals surface area contributed by atoms with Gasteiger partial charge in [-0.2, -0.15) is 0 Å². The summed E-state index contributed by atoms with van der Waals surface area (Å²) in [6.07, 6.45) is 1.32. The summed E-state index contributed by atoms with van der Waals surface area (Å²) in [6, 6.07) is 16.5. The lowest BCUT2D eigenvalue weighted by Gasteiger charge is -2.23. The molecule has 0 aliphatic heterocycles. The van der Waals surface area contributed by atoms with Gasteiger partial charge in [0, 0.05) is 17.3 Å². The number of hydrogen-bond donors (Lipinski definition) is 3. The van der Waals surface area contributed by atoms with Crippen LogP contribution in [0.1, 0.15) is 18.9 Å². The number of nitrogens with one attached hydrogen (secondary N) is 2. The molecule has 0 saturated heterocycles. The van der Waals surface area contributed by atoms with Crippen LogP contribution in [0.5, 0.6) is 0 Å². The second-order valence-corrected chi connectivity index (χ2v) is 6.24. The highest BCUT2D eigenvalue weighted by atomic mass is 35.5. The molecule has 23 heavy (non-hydrogen) atoms. The summed E-state index contributed by atoms with van der Waals surface area (Å²) in [5.41, 5.74) is 0.803. The Morgan fingerprint density at radius 1 is 1.17 bits per heavy atom. The van der Waals surface area contributed by atoms with E-state index in [1.54, 1.807) is 31.2 Å². The van der Waals surface area contributed by atoms with Gasteiger partial charge in [0.25, 0.3) is 0 Å². The van der Waals surface area contributed by atoms with E-state index in [2.05, 4.69) is 10.6 Å². The normalized spacial score (nSPS) is 13.2. The quantitative estimate of drug-likeness (QED) is 0.752. The van der Waals surface area contributed by atoms with E-state index in [1.165, 1.54) is 0 Å². The number of carbonyl (C=O) groups is 1. The molecule has 5 heteroatoms. The second kappa shape index (κ2) is 7.99. The zero-order valence-corrected chi connectivity index (χ0v) is 13.8. The third-order valence-corrected chi connectivity index (χ3v) is 3.74. The molecule has 0 spiro atoms. The smallest absolute Gasteiger partial charge is 0.319 e. The van der Waals surface area contributed by atoms with Crippen LogP contribution in [0.3, 0.4) is 0 Å². The third kappa shape index (κ3) is 6.30. The van der Waals surface area contributed by atoms with Crippen LogP contribution in [-0.2, 0) is 6.42 Å². The zero-order valence-electron chi connectivity index (χ0n) is 13.1. The van der Waals surface area contributed by atoms with Crippen molar-refractivity contribution in [1.29, 1.82) is 0 Å². The average Bonchev–Trinajstić information content (AvgIpc) is 2.52. The Morgan fingerprint density at radius 2 is 1.91 bits per heavy atom. The van der Waals surface area contributed by atoms with Crippen LogP contribution in [0.4, 0.5) is 10.5 Å². The van der Waals surface area contributed by atoms with Gasteiger partial charge >= 0.3 is 6.03 Å². The SMILES string of the molecule is CC(O)(CCc1ccccc1)CNC(=O)Nc1cccc(Cl)c1. The first kappa shape index (κ1) is 17.3. The van der Waals surface area contributed by atoms with Gasteiger partial charge in [-0.15, -0.1) is 0 Å². The van der Waals surface area contributed by atoms with E-state index in [-0.39, 0.29) is 12.6 Å². The lowest BCUT2D eigenvalue weighted by molar-refractivity contribution is 0.0539. The Hall–Kier alpha value is -2.04. The molecule has 4 nitrogen and oxygen atoms in total. The highest BCUT2D eigenvalue weighted by Crippen LogP contribution is 2.15. The number of urea groups is 1. The molecule has 0 heterocycles. The fourth-order valence-electron chi connectivity index (χ4n) is 2.16. The van der Waals surface area contributed by atoms with Crippen LogP contribution in [0, 0.1) is 0 Å². The van der Waals surface area contributed by atoms with Gasteiger partial charge < -0.3 is 15.7 Å². The number of halogens is 1. The maximum atomic E-state index is 11.9. The predicted molar refractivity (Wildman–Crippen MR) is 93.9 cm³/mol. The summed E-state index contributed by atoms with van der Waals surface area (Å²) in [6.45, 7) is 1.89. The average molecular weight is 333 g/mol. The number of carbonyl (C=O) groups excluding carboxylic acids is 1. The van der Waals surface area contributed by atoms with Crippen molar-refractivity contribution in [2.75, 3.05) is 11.9 Å². The Morgan fingerprint density at radius 3 is 2.61 bits per heavy atom. The van der Waals surface area contributed by atoms with E-state index in [0.29, 0.717) is 17.1 Å². The minimum Gasteiger partial charge on any atom is -0.388 e. The summed E-state index contributed by atoms with van der Waals surface area (Å²) in [7, 11) is 0. The van der Waals surface area contributed by atoms with Crippen molar-refractivity contribution in [3.63, 3.8) is 0 Å².